The van der Waals surface area contributed by atoms with Crippen molar-refractivity contribution < 1.29 is 9.47 Å². The highest BCUT2D eigenvalue weighted by atomic mass is 16.7. The van der Waals surface area contributed by atoms with Gasteiger partial charge in [0.05, 0.1) is 0 Å². The van der Waals surface area contributed by atoms with E-state index >= 15 is 0 Å². The van der Waals surface area contributed by atoms with E-state index in [1.54, 1.807) is 0 Å². The molecule has 3 heteroatoms. The quantitative estimate of drug-likeness (QED) is 0.804. The van der Waals surface area contributed by atoms with E-state index < -0.39 is 0 Å². The molecule has 0 bridgehead atoms. The minimum Gasteiger partial charge on any atom is -0.454 e. The van der Waals surface area contributed by atoms with Gasteiger partial charge in [-0.15, -0.1) is 0 Å². The summed E-state index contributed by atoms with van der Waals surface area (Å²) in [6.07, 6.45) is 2.63. The zero-order chi connectivity index (χ0) is 12.1. The van der Waals surface area contributed by atoms with E-state index in [-0.39, 0.29) is 0 Å². The van der Waals surface area contributed by atoms with Crippen LogP contribution in [0.25, 0.3) is 5.69 Å². The predicted molar refractivity (Wildman–Crippen MR) is 68.6 cm³/mol. The zero-order valence-electron chi connectivity index (χ0n) is 10.3. The van der Waals surface area contributed by atoms with Crippen LogP contribution in [0.3, 0.4) is 0 Å². The molecule has 1 fully saturated rings. The Bertz CT molecular complexity index is 611. The number of aromatic nitrogens is 1. The van der Waals surface area contributed by atoms with Crippen LogP contribution in [0.15, 0.2) is 30.3 Å². The van der Waals surface area contributed by atoms with Gasteiger partial charge in [-0.3, -0.25) is 0 Å². The number of rotatable bonds is 2. The number of fused-ring (bicyclic) bond motifs is 1. The third-order valence-electron chi connectivity index (χ3n) is 3.72. The molecule has 0 N–H and O–H groups in total. The van der Waals surface area contributed by atoms with Crippen molar-refractivity contribution in [2.75, 3.05) is 6.79 Å². The van der Waals surface area contributed by atoms with Crippen LogP contribution in [0.1, 0.15) is 30.1 Å². The van der Waals surface area contributed by atoms with Crippen molar-refractivity contribution in [2.24, 2.45) is 0 Å². The molecule has 1 saturated carbocycles. The van der Waals surface area contributed by atoms with Crippen molar-refractivity contribution in [3.8, 4) is 17.2 Å². The molecule has 0 saturated heterocycles. The molecule has 2 aliphatic rings. The summed E-state index contributed by atoms with van der Waals surface area (Å²) >= 11 is 0. The molecule has 1 aliphatic carbocycles. The van der Waals surface area contributed by atoms with Crippen LogP contribution in [0, 0.1) is 6.92 Å². The van der Waals surface area contributed by atoms with E-state index in [9.17, 15) is 0 Å². The number of benzene rings is 1. The highest BCUT2D eigenvalue weighted by molar-refractivity contribution is 5.52. The fraction of sp³-hybridized carbons (Fsp3) is 0.333. The van der Waals surface area contributed by atoms with Crippen LogP contribution >= 0.6 is 0 Å². The molecule has 2 aromatic rings. The van der Waals surface area contributed by atoms with E-state index in [1.807, 2.05) is 6.07 Å². The summed E-state index contributed by atoms with van der Waals surface area (Å²) in [6, 6.07) is 10.6. The van der Waals surface area contributed by atoms with E-state index in [1.165, 1.54) is 29.9 Å². The van der Waals surface area contributed by atoms with Crippen LogP contribution in [0.5, 0.6) is 11.5 Å². The summed E-state index contributed by atoms with van der Waals surface area (Å²) in [4.78, 5) is 0. The molecule has 0 radical (unpaired) electrons. The lowest BCUT2D eigenvalue weighted by atomic mass is 10.2. The maximum Gasteiger partial charge on any atom is 0.231 e. The average molecular weight is 241 g/mol. The van der Waals surface area contributed by atoms with Gasteiger partial charge >= 0.3 is 0 Å². The lowest BCUT2D eigenvalue weighted by Crippen LogP contribution is -2.00. The van der Waals surface area contributed by atoms with Gasteiger partial charge < -0.3 is 14.0 Å². The molecule has 0 spiro atoms. The molecule has 3 nitrogen and oxygen atoms in total. The number of aryl methyl sites for hydroxylation is 1. The molecular weight excluding hydrogens is 226 g/mol. The first-order valence-electron chi connectivity index (χ1n) is 6.41. The Morgan fingerprint density at radius 1 is 1.06 bits per heavy atom. The number of hydrogen-bond acceptors (Lipinski definition) is 2. The van der Waals surface area contributed by atoms with Crippen LogP contribution in [-0.4, -0.2) is 11.4 Å². The minimum atomic E-state index is 0.332. The average Bonchev–Trinajstić information content (AvgIpc) is 2.99. The lowest BCUT2D eigenvalue weighted by Gasteiger charge is -2.12. The van der Waals surface area contributed by atoms with Crippen molar-refractivity contribution in [2.45, 2.75) is 25.7 Å². The smallest absolute Gasteiger partial charge is 0.231 e. The van der Waals surface area contributed by atoms with Crippen molar-refractivity contribution in [3.63, 3.8) is 0 Å². The summed E-state index contributed by atoms with van der Waals surface area (Å²) in [6.45, 7) is 2.48. The monoisotopic (exact) mass is 241 g/mol. The van der Waals surface area contributed by atoms with Gasteiger partial charge in [0.25, 0.3) is 0 Å². The third kappa shape index (κ3) is 1.43. The van der Waals surface area contributed by atoms with Crippen LogP contribution in [0.4, 0.5) is 0 Å². The van der Waals surface area contributed by atoms with Gasteiger partial charge in [0.15, 0.2) is 11.5 Å². The SMILES string of the molecule is Cc1ccc(C2CC2)n1-c1ccc2c(c1)OCO2. The maximum atomic E-state index is 5.46. The molecule has 1 aliphatic heterocycles. The Hall–Kier alpha value is -1.90. The molecule has 0 amide bonds. The van der Waals surface area contributed by atoms with Gasteiger partial charge in [0.1, 0.15) is 0 Å². The highest BCUT2D eigenvalue weighted by Crippen LogP contribution is 2.42. The van der Waals surface area contributed by atoms with E-state index in [4.69, 9.17) is 9.47 Å². The largest absolute Gasteiger partial charge is 0.454 e. The van der Waals surface area contributed by atoms with Gasteiger partial charge in [-0.05, 0) is 49.9 Å². The van der Waals surface area contributed by atoms with Gasteiger partial charge in [-0.1, -0.05) is 0 Å². The molecular formula is C15H15NO2. The number of ether oxygens (including phenoxy) is 2. The van der Waals surface area contributed by atoms with Crippen LogP contribution in [-0.2, 0) is 0 Å². The second-order valence-electron chi connectivity index (χ2n) is 5.05. The highest BCUT2D eigenvalue weighted by Gasteiger charge is 2.27. The number of hydrogen-bond donors (Lipinski definition) is 0. The first kappa shape index (κ1) is 10.1. The normalized spacial score (nSPS) is 17.2. The molecule has 0 atom stereocenters. The Kier molecular flexibility index (Phi) is 1.98. The lowest BCUT2D eigenvalue weighted by molar-refractivity contribution is 0.174. The fourth-order valence-electron chi connectivity index (χ4n) is 2.63. The molecule has 1 aromatic heterocycles. The van der Waals surface area contributed by atoms with E-state index in [0.717, 1.165) is 17.4 Å². The summed E-state index contributed by atoms with van der Waals surface area (Å²) in [5, 5.41) is 0. The zero-order valence-corrected chi connectivity index (χ0v) is 10.3. The molecule has 18 heavy (non-hydrogen) atoms. The summed E-state index contributed by atoms with van der Waals surface area (Å²) in [5.41, 5.74) is 3.87. The Balaban J connectivity index is 1.85. The minimum absolute atomic E-state index is 0.332. The van der Waals surface area contributed by atoms with Crippen molar-refractivity contribution in [1.82, 2.24) is 4.57 Å². The Labute approximate surface area is 106 Å². The maximum absolute atomic E-state index is 5.46. The third-order valence-corrected chi connectivity index (χ3v) is 3.72. The molecule has 0 unspecified atom stereocenters. The first-order chi connectivity index (χ1) is 8.83. The van der Waals surface area contributed by atoms with Crippen molar-refractivity contribution in [3.05, 3.63) is 41.7 Å². The molecule has 2 heterocycles. The van der Waals surface area contributed by atoms with Crippen LogP contribution < -0.4 is 9.47 Å². The number of nitrogens with zero attached hydrogens (tertiary/aromatic N) is 1. The summed E-state index contributed by atoms with van der Waals surface area (Å²) < 4.78 is 13.1. The standard InChI is InChI=1S/C15H15NO2/c1-10-2-6-13(11-3-4-11)16(10)12-5-7-14-15(8-12)18-9-17-14/h2,5-8,11H,3-4,9H2,1H3. The van der Waals surface area contributed by atoms with Crippen molar-refractivity contribution >= 4 is 0 Å². The van der Waals surface area contributed by atoms with Gasteiger partial charge in [0, 0.05) is 23.1 Å². The second-order valence-corrected chi connectivity index (χ2v) is 5.05. The van der Waals surface area contributed by atoms with Gasteiger partial charge in [-0.25, -0.2) is 0 Å². The Morgan fingerprint density at radius 2 is 1.89 bits per heavy atom. The van der Waals surface area contributed by atoms with Crippen molar-refractivity contribution in [1.29, 1.82) is 0 Å². The molecule has 1 aromatic carbocycles. The summed E-state index contributed by atoms with van der Waals surface area (Å²) in [5.74, 6) is 2.43. The first-order valence-corrected chi connectivity index (χ1v) is 6.41. The van der Waals surface area contributed by atoms with E-state index in [2.05, 4.69) is 35.8 Å². The second kappa shape index (κ2) is 3.55. The molecule has 4 rings (SSSR count). The summed E-state index contributed by atoms with van der Waals surface area (Å²) in [7, 11) is 0. The molecule has 92 valence electrons. The van der Waals surface area contributed by atoms with E-state index in [0.29, 0.717) is 6.79 Å². The van der Waals surface area contributed by atoms with Gasteiger partial charge in [0.2, 0.25) is 6.79 Å². The fourth-order valence-corrected chi connectivity index (χ4v) is 2.63. The Morgan fingerprint density at radius 3 is 2.72 bits per heavy atom. The topological polar surface area (TPSA) is 23.4 Å². The predicted octanol–water partition coefficient (Wildman–Crippen LogP) is 3.39. The van der Waals surface area contributed by atoms with Crippen LogP contribution in [0.2, 0.25) is 0 Å². The van der Waals surface area contributed by atoms with Gasteiger partial charge in [-0.2, -0.15) is 0 Å².